The zero-order chi connectivity index (χ0) is 16.6. The molecule has 1 aromatic carbocycles. The molecular weight excluding hydrogens is 328 g/mol. The van der Waals surface area contributed by atoms with E-state index in [2.05, 4.69) is 47.4 Å². The Bertz CT molecular complexity index is 889. The Morgan fingerprint density at radius 1 is 1.26 bits per heavy atom. The summed E-state index contributed by atoms with van der Waals surface area (Å²) in [5.41, 5.74) is 4.65. The summed E-state index contributed by atoms with van der Waals surface area (Å²) in [6, 6.07) is 6.34. The second kappa shape index (κ2) is 6.29. The Kier molecular flexibility index (Phi) is 4.37. The number of hydrogen-bond donors (Lipinski definition) is 1. The molecule has 23 heavy (non-hydrogen) atoms. The summed E-state index contributed by atoms with van der Waals surface area (Å²) in [4.78, 5) is 20.7. The van der Waals surface area contributed by atoms with E-state index in [0.29, 0.717) is 0 Å². The molecule has 0 fully saturated rings. The van der Waals surface area contributed by atoms with Crippen molar-refractivity contribution in [3.05, 3.63) is 41.0 Å². The lowest BCUT2D eigenvalue weighted by Crippen LogP contribution is -2.11. The fraction of sp³-hybridized carbons (Fsp3) is 0.235. The minimum Gasteiger partial charge on any atom is -0.480 e. The van der Waals surface area contributed by atoms with Crippen LogP contribution in [0.25, 0.3) is 21.3 Å². The summed E-state index contributed by atoms with van der Waals surface area (Å²) in [5.74, 6) is -0.843. The lowest BCUT2D eigenvalue weighted by Gasteiger charge is -2.09. The van der Waals surface area contributed by atoms with Crippen molar-refractivity contribution >= 4 is 39.3 Å². The quantitative estimate of drug-likeness (QED) is 0.556. The monoisotopic (exact) mass is 344 g/mol. The highest BCUT2D eigenvalue weighted by Gasteiger charge is 2.19. The van der Waals surface area contributed by atoms with Crippen molar-refractivity contribution in [1.82, 2.24) is 9.97 Å². The van der Waals surface area contributed by atoms with Crippen molar-refractivity contribution in [2.45, 2.75) is 31.0 Å². The van der Waals surface area contributed by atoms with Gasteiger partial charge in [-0.05, 0) is 37.5 Å². The van der Waals surface area contributed by atoms with Crippen LogP contribution in [-0.2, 0) is 4.79 Å². The van der Waals surface area contributed by atoms with Crippen LogP contribution >= 0.6 is 23.1 Å². The van der Waals surface area contributed by atoms with Crippen LogP contribution in [0.1, 0.15) is 18.1 Å². The number of thiophene rings is 1. The topological polar surface area (TPSA) is 63.1 Å². The highest BCUT2D eigenvalue weighted by molar-refractivity contribution is 8.00. The molecule has 0 bridgehead atoms. The molecule has 118 valence electrons. The SMILES string of the molecule is Cc1ccc(-c2csc3ncnc(SC(C)C(=O)O)c23)cc1C. The smallest absolute Gasteiger partial charge is 0.316 e. The van der Waals surface area contributed by atoms with Crippen LogP contribution in [0.15, 0.2) is 34.9 Å². The van der Waals surface area contributed by atoms with E-state index in [-0.39, 0.29) is 0 Å². The van der Waals surface area contributed by atoms with Crippen LogP contribution in [0, 0.1) is 13.8 Å². The van der Waals surface area contributed by atoms with Crippen LogP contribution in [0.3, 0.4) is 0 Å². The molecule has 3 aromatic rings. The number of aliphatic carboxylic acids is 1. The van der Waals surface area contributed by atoms with E-state index < -0.39 is 11.2 Å². The molecule has 0 aliphatic carbocycles. The second-order valence-corrected chi connectivity index (χ2v) is 7.59. The van der Waals surface area contributed by atoms with Crippen molar-refractivity contribution < 1.29 is 9.90 Å². The predicted octanol–water partition coefficient (Wildman–Crippen LogP) is 4.54. The third-order valence-corrected chi connectivity index (χ3v) is 5.76. The Balaban J connectivity index is 2.14. The number of aryl methyl sites for hydroxylation is 2. The summed E-state index contributed by atoms with van der Waals surface area (Å²) in [5, 5.41) is 12.3. The van der Waals surface area contributed by atoms with Crippen LogP contribution in [-0.4, -0.2) is 26.3 Å². The number of carboxylic acid groups (broad SMARTS) is 1. The molecule has 0 saturated heterocycles. The molecule has 2 aromatic heterocycles. The molecule has 6 heteroatoms. The molecular formula is C17H16N2O2S2. The van der Waals surface area contributed by atoms with Crippen molar-refractivity contribution in [2.75, 3.05) is 0 Å². The second-order valence-electron chi connectivity index (χ2n) is 5.41. The molecule has 0 spiro atoms. The number of benzene rings is 1. The number of carbonyl (C=O) groups is 1. The first-order valence-corrected chi connectivity index (χ1v) is 8.92. The molecule has 2 heterocycles. The van der Waals surface area contributed by atoms with Crippen LogP contribution in [0.2, 0.25) is 0 Å². The molecule has 0 aliphatic heterocycles. The number of nitrogens with zero attached hydrogens (tertiary/aromatic N) is 2. The zero-order valence-corrected chi connectivity index (χ0v) is 14.7. The molecule has 1 N–H and O–H groups in total. The van der Waals surface area contributed by atoms with E-state index in [1.165, 1.54) is 29.2 Å². The van der Waals surface area contributed by atoms with Crippen molar-refractivity contribution in [3.63, 3.8) is 0 Å². The maximum Gasteiger partial charge on any atom is 0.316 e. The summed E-state index contributed by atoms with van der Waals surface area (Å²) >= 11 is 2.81. The Morgan fingerprint density at radius 2 is 2.04 bits per heavy atom. The molecule has 1 atom stereocenters. The highest BCUT2D eigenvalue weighted by atomic mass is 32.2. The number of carboxylic acids is 1. The lowest BCUT2D eigenvalue weighted by atomic mass is 10.0. The summed E-state index contributed by atoms with van der Waals surface area (Å²) in [7, 11) is 0. The van der Waals surface area contributed by atoms with E-state index in [0.717, 1.165) is 26.4 Å². The summed E-state index contributed by atoms with van der Waals surface area (Å²) in [6.45, 7) is 5.85. The van der Waals surface area contributed by atoms with Gasteiger partial charge in [-0.25, -0.2) is 9.97 Å². The van der Waals surface area contributed by atoms with Gasteiger partial charge in [-0.15, -0.1) is 11.3 Å². The fourth-order valence-electron chi connectivity index (χ4n) is 2.28. The molecule has 0 radical (unpaired) electrons. The molecule has 4 nitrogen and oxygen atoms in total. The first kappa shape index (κ1) is 16.0. The van der Waals surface area contributed by atoms with Gasteiger partial charge < -0.3 is 5.11 Å². The fourth-order valence-corrected chi connectivity index (χ4v) is 4.12. The van der Waals surface area contributed by atoms with Gasteiger partial charge in [-0.1, -0.05) is 30.0 Å². The van der Waals surface area contributed by atoms with E-state index >= 15 is 0 Å². The van der Waals surface area contributed by atoms with E-state index in [4.69, 9.17) is 5.11 Å². The van der Waals surface area contributed by atoms with E-state index in [1.807, 2.05) is 0 Å². The normalized spacial score (nSPS) is 12.5. The Hall–Kier alpha value is -1.92. The van der Waals surface area contributed by atoms with Gasteiger partial charge in [0.25, 0.3) is 0 Å². The van der Waals surface area contributed by atoms with Gasteiger partial charge in [0.1, 0.15) is 21.4 Å². The molecule has 0 aliphatic rings. The lowest BCUT2D eigenvalue weighted by molar-refractivity contribution is -0.136. The van der Waals surface area contributed by atoms with Crippen LogP contribution < -0.4 is 0 Å². The van der Waals surface area contributed by atoms with E-state index in [9.17, 15) is 4.79 Å². The van der Waals surface area contributed by atoms with Crippen LogP contribution in [0.5, 0.6) is 0 Å². The third-order valence-electron chi connectivity index (χ3n) is 3.79. The maximum absolute atomic E-state index is 11.2. The maximum atomic E-state index is 11.2. The van der Waals surface area contributed by atoms with Crippen molar-refractivity contribution in [3.8, 4) is 11.1 Å². The Morgan fingerprint density at radius 3 is 2.74 bits per heavy atom. The predicted molar refractivity (Wildman–Crippen MR) is 95.3 cm³/mol. The minimum atomic E-state index is -0.843. The van der Waals surface area contributed by atoms with Gasteiger partial charge >= 0.3 is 5.97 Å². The Labute approximate surface area is 142 Å². The molecule has 3 rings (SSSR count). The average molecular weight is 344 g/mol. The highest BCUT2D eigenvalue weighted by Crippen LogP contribution is 2.39. The number of fused-ring (bicyclic) bond motifs is 1. The van der Waals surface area contributed by atoms with Gasteiger partial charge in [0.05, 0.1) is 5.39 Å². The summed E-state index contributed by atoms with van der Waals surface area (Å²) < 4.78 is 0. The largest absolute Gasteiger partial charge is 0.480 e. The van der Waals surface area contributed by atoms with Gasteiger partial charge in [0.2, 0.25) is 0 Å². The minimum absolute atomic E-state index is 0.555. The van der Waals surface area contributed by atoms with Crippen molar-refractivity contribution in [2.24, 2.45) is 0 Å². The van der Waals surface area contributed by atoms with Gasteiger partial charge in [-0.2, -0.15) is 0 Å². The van der Waals surface area contributed by atoms with E-state index in [1.54, 1.807) is 18.3 Å². The average Bonchev–Trinajstić information content (AvgIpc) is 2.95. The standard InChI is InChI=1S/C17H16N2O2S2/c1-9-4-5-12(6-10(9)2)13-7-22-15-14(13)16(19-8-18-15)23-11(3)17(20)21/h4-8,11H,1-3H3,(H,20,21). The third kappa shape index (κ3) is 3.09. The zero-order valence-electron chi connectivity index (χ0n) is 13.0. The molecule has 1 unspecified atom stereocenters. The molecule has 0 amide bonds. The van der Waals surface area contributed by atoms with Gasteiger partial charge in [0, 0.05) is 10.9 Å². The van der Waals surface area contributed by atoms with Gasteiger partial charge in [0.15, 0.2) is 0 Å². The first-order valence-electron chi connectivity index (χ1n) is 7.16. The first-order chi connectivity index (χ1) is 11.0. The number of rotatable bonds is 4. The number of aromatic nitrogens is 2. The summed E-state index contributed by atoms with van der Waals surface area (Å²) in [6.07, 6.45) is 1.50. The van der Waals surface area contributed by atoms with Crippen LogP contribution in [0.4, 0.5) is 0 Å². The van der Waals surface area contributed by atoms with Gasteiger partial charge in [-0.3, -0.25) is 4.79 Å². The number of thioether (sulfide) groups is 1. The molecule has 0 saturated carbocycles. The van der Waals surface area contributed by atoms with Crippen molar-refractivity contribution in [1.29, 1.82) is 0 Å². The number of hydrogen-bond acceptors (Lipinski definition) is 5.